The molecule has 1 heterocycles. The summed E-state index contributed by atoms with van der Waals surface area (Å²) in [7, 11) is -3.84. The van der Waals surface area contributed by atoms with Gasteiger partial charge in [0.2, 0.25) is 10.0 Å². The van der Waals surface area contributed by atoms with E-state index in [1.54, 1.807) is 24.5 Å². The average molecular weight is 440 g/mol. The van der Waals surface area contributed by atoms with Crippen molar-refractivity contribution in [2.24, 2.45) is 0 Å². The number of amides is 2. The van der Waals surface area contributed by atoms with Crippen molar-refractivity contribution >= 4 is 21.7 Å². The van der Waals surface area contributed by atoms with Crippen molar-refractivity contribution in [1.82, 2.24) is 9.71 Å². The van der Waals surface area contributed by atoms with Crippen LogP contribution >= 0.6 is 0 Å². The van der Waals surface area contributed by atoms with Gasteiger partial charge < -0.3 is 5.32 Å². The van der Waals surface area contributed by atoms with Crippen molar-refractivity contribution < 1.29 is 17.6 Å². The molecule has 1 aromatic heterocycles. The van der Waals surface area contributed by atoms with Crippen LogP contribution in [0.2, 0.25) is 0 Å². The Balaban J connectivity index is 1.56. The highest BCUT2D eigenvalue weighted by Crippen LogP contribution is 2.39. The number of rotatable bonds is 6. The van der Waals surface area contributed by atoms with Crippen molar-refractivity contribution in [2.75, 3.05) is 11.1 Å². The Hall–Kier alpha value is -3.26. The van der Waals surface area contributed by atoms with Gasteiger partial charge in [0.15, 0.2) is 0 Å². The standard InChI is InChI=1S/C23H22FN3O3S/c24-21-15-20(17-9-12-25-13-10-17)22(19-8-4-7-18(19)21)26-23(28)27-31(29,30)14-11-16-5-2-1-3-6-16/h1-3,5-6,9-10,12-13,15H,4,7-8,11,14H2,(H2,26,27,28). The van der Waals surface area contributed by atoms with Gasteiger partial charge >= 0.3 is 6.03 Å². The van der Waals surface area contributed by atoms with Crippen molar-refractivity contribution in [3.05, 3.63) is 83.4 Å². The molecule has 6 nitrogen and oxygen atoms in total. The third-order valence-electron chi connectivity index (χ3n) is 5.33. The third-order valence-corrected chi connectivity index (χ3v) is 6.57. The summed E-state index contributed by atoms with van der Waals surface area (Å²) in [6.45, 7) is 0. The molecule has 2 N–H and O–H groups in total. The number of sulfonamides is 1. The molecule has 0 radical (unpaired) electrons. The van der Waals surface area contributed by atoms with Gasteiger partial charge in [-0.25, -0.2) is 22.3 Å². The number of aromatic nitrogens is 1. The minimum absolute atomic E-state index is 0.219. The largest absolute Gasteiger partial charge is 0.332 e. The first kappa shape index (κ1) is 21.0. The Kier molecular flexibility index (Phi) is 5.99. The summed E-state index contributed by atoms with van der Waals surface area (Å²) >= 11 is 0. The van der Waals surface area contributed by atoms with Crippen molar-refractivity contribution in [3.8, 4) is 11.1 Å². The van der Waals surface area contributed by atoms with Crippen LogP contribution in [-0.4, -0.2) is 25.2 Å². The highest BCUT2D eigenvalue weighted by Gasteiger charge is 2.25. The molecule has 0 unspecified atom stereocenters. The summed E-state index contributed by atoms with van der Waals surface area (Å²) in [4.78, 5) is 16.6. The van der Waals surface area contributed by atoms with Gasteiger partial charge in [0.05, 0.1) is 11.4 Å². The van der Waals surface area contributed by atoms with Gasteiger partial charge in [-0.1, -0.05) is 30.3 Å². The number of benzene rings is 2. The second-order valence-electron chi connectivity index (χ2n) is 7.44. The van der Waals surface area contributed by atoms with Crippen molar-refractivity contribution in [3.63, 3.8) is 0 Å². The number of aryl methyl sites for hydroxylation is 1. The van der Waals surface area contributed by atoms with E-state index in [9.17, 15) is 17.6 Å². The van der Waals surface area contributed by atoms with Gasteiger partial charge in [-0.05, 0) is 66.1 Å². The summed E-state index contributed by atoms with van der Waals surface area (Å²) in [5, 5.41) is 2.67. The molecule has 4 rings (SSSR count). The number of pyridine rings is 1. The minimum atomic E-state index is -3.84. The van der Waals surface area contributed by atoms with Gasteiger partial charge in [-0.3, -0.25) is 4.98 Å². The smallest absolute Gasteiger partial charge is 0.306 e. The Morgan fingerprint density at radius 1 is 1.03 bits per heavy atom. The molecular formula is C23H22FN3O3S. The molecule has 8 heteroatoms. The number of hydrogen-bond donors (Lipinski definition) is 2. The van der Waals surface area contributed by atoms with E-state index < -0.39 is 16.1 Å². The molecule has 1 aliphatic carbocycles. The zero-order valence-corrected chi connectivity index (χ0v) is 17.6. The molecule has 0 saturated carbocycles. The average Bonchev–Trinajstić information content (AvgIpc) is 3.26. The Labute approximate surface area is 180 Å². The Morgan fingerprint density at radius 3 is 2.48 bits per heavy atom. The highest BCUT2D eigenvalue weighted by molar-refractivity contribution is 7.90. The fourth-order valence-corrected chi connectivity index (χ4v) is 4.80. The van der Waals surface area contributed by atoms with Crippen LogP contribution < -0.4 is 10.0 Å². The summed E-state index contributed by atoms with van der Waals surface area (Å²) in [6.07, 6.45) is 5.43. The maximum atomic E-state index is 14.6. The minimum Gasteiger partial charge on any atom is -0.306 e. The van der Waals surface area contributed by atoms with Crippen LogP contribution in [0, 0.1) is 5.82 Å². The maximum absolute atomic E-state index is 14.6. The SMILES string of the molecule is O=C(Nc1c(-c2ccncc2)cc(F)c2c1CCC2)NS(=O)(=O)CCc1ccccc1. The Morgan fingerprint density at radius 2 is 1.74 bits per heavy atom. The molecule has 160 valence electrons. The number of nitrogens with one attached hydrogen (secondary N) is 2. The lowest BCUT2D eigenvalue weighted by atomic mass is 9.97. The lowest BCUT2D eigenvalue weighted by molar-refractivity contribution is 0.256. The fourth-order valence-electron chi connectivity index (χ4n) is 3.86. The van der Waals surface area contributed by atoms with Gasteiger partial charge in [0.1, 0.15) is 5.82 Å². The number of anilines is 1. The number of fused-ring (bicyclic) bond motifs is 1. The van der Waals surface area contributed by atoms with Gasteiger partial charge in [0, 0.05) is 18.0 Å². The molecule has 1 aliphatic rings. The molecule has 31 heavy (non-hydrogen) atoms. The normalized spacial score (nSPS) is 12.9. The first-order valence-electron chi connectivity index (χ1n) is 10.0. The number of urea groups is 1. The first-order valence-corrected chi connectivity index (χ1v) is 11.7. The summed E-state index contributed by atoms with van der Waals surface area (Å²) < 4.78 is 41.5. The molecule has 0 fully saturated rings. The second kappa shape index (κ2) is 8.85. The molecule has 2 amide bonds. The predicted molar refractivity (Wildman–Crippen MR) is 118 cm³/mol. The topological polar surface area (TPSA) is 88.2 Å². The van der Waals surface area contributed by atoms with E-state index in [0.717, 1.165) is 12.0 Å². The predicted octanol–water partition coefficient (Wildman–Crippen LogP) is 4.07. The third kappa shape index (κ3) is 4.91. The molecular weight excluding hydrogens is 417 g/mol. The molecule has 3 aromatic rings. The second-order valence-corrected chi connectivity index (χ2v) is 9.28. The molecule has 0 atom stereocenters. The Bertz CT molecular complexity index is 1200. The van der Waals surface area contributed by atoms with Crippen LogP contribution in [0.3, 0.4) is 0 Å². The molecule has 0 aliphatic heterocycles. The van der Waals surface area contributed by atoms with E-state index in [1.807, 2.05) is 30.3 Å². The molecule has 0 saturated heterocycles. The van der Waals surface area contributed by atoms with E-state index >= 15 is 0 Å². The zero-order chi connectivity index (χ0) is 21.8. The van der Waals surface area contributed by atoms with Gasteiger partial charge in [0.25, 0.3) is 0 Å². The number of halogens is 1. The van der Waals surface area contributed by atoms with Crippen LogP contribution in [0.1, 0.15) is 23.1 Å². The molecule has 0 bridgehead atoms. The van der Waals surface area contributed by atoms with Crippen molar-refractivity contribution in [1.29, 1.82) is 0 Å². The number of hydrogen-bond acceptors (Lipinski definition) is 4. The van der Waals surface area contributed by atoms with E-state index in [-0.39, 0.29) is 18.0 Å². The number of carbonyl (C=O) groups excluding carboxylic acids is 1. The lowest BCUT2D eigenvalue weighted by Gasteiger charge is -2.17. The highest BCUT2D eigenvalue weighted by atomic mass is 32.2. The monoisotopic (exact) mass is 439 g/mol. The van der Waals surface area contributed by atoms with Crippen LogP contribution in [-0.2, 0) is 29.3 Å². The van der Waals surface area contributed by atoms with E-state index in [0.29, 0.717) is 40.8 Å². The first-order chi connectivity index (χ1) is 14.9. The maximum Gasteiger partial charge on any atom is 0.332 e. The van der Waals surface area contributed by atoms with E-state index in [1.165, 1.54) is 6.07 Å². The number of carbonyl (C=O) groups is 1. The van der Waals surface area contributed by atoms with Gasteiger partial charge in [-0.2, -0.15) is 0 Å². The van der Waals surface area contributed by atoms with Crippen molar-refractivity contribution in [2.45, 2.75) is 25.7 Å². The van der Waals surface area contributed by atoms with E-state index in [4.69, 9.17) is 0 Å². The molecule has 0 spiro atoms. The van der Waals surface area contributed by atoms with Crippen LogP contribution in [0.15, 0.2) is 60.9 Å². The van der Waals surface area contributed by atoms with Crippen LogP contribution in [0.25, 0.3) is 11.1 Å². The lowest BCUT2D eigenvalue weighted by Crippen LogP contribution is -2.36. The van der Waals surface area contributed by atoms with Gasteiger partial charge in [-0.15, -0.1) is 0 Å². The van der Waals surface area contributed by atoms with Crippen LogP contribution in [0.5, 0.6) is 0 Å². The summed E-state index contributed by atoms with van der Waals surface area (Å²) in [6, 6.07) is 13.1. The summed E-state index contributed by atoms with van der Waals surface area (Å²) in [5.41, 5.74) is 3.77. The molecule has 2 aromatic carbocycles. The van der Waals surface area contributed by atoms with Crippen LogP contribution in [0.4, 0.5) is 14.9 Å². The van der Waals surface area contributed by atoms with E-state index in [2.05, 4.69) is 15.0 Å². The zero-order valence-electron chi connectivity index (χ0n) is 16.8. The summed E-state index contributed by atoms with van der Waals surface area (Å²) in [5.74, 6) is -0.538. The quantitative estimate of drug-likeness (QED) is 0.606. The fraction of sp³-hybridized carbons (Fsp3) is 0.217. The number of nitrogens with zero attached hydrogens (tertiary/aromatic N) is 1.